The van der Waals surface area contributed by atoms with Gasteiger partial charge < -0.3 is 10.5 Å². The number of thioether (sulfide) groups is 1. The van der Waals surface area contributed by atoms with Crippen LogP contribution in [0.15, 0.2) is 21.5 Å². The van der Waals surface area contributed by atoms with Crippen molar-refractivity contribution in [2.24, 2.45) is 0 Å². The molecule has 5 nitrogen and oxygen atoms in total. The second kappa shape index (κ2) is 6.55. The van der Waals surface area contributed by atoms with Crippen molar-refractivity contribution in [2.45, 2.75) is 11.3 Å². The predicted molar refractivity (Wildman–Crippen MR) is 85.8 cm³/mol. The van der Waals surface area contributed by atoms with E-state index in [2.05, 4.69) is 15.9 Å². The van der Waals surface area contributed by atoms with Crippen LogP contribution in [0.2, 0.25) is 0 Å². The van der Waals surface area contributed by atoms with E-state index < -0.39 is 10.0 Å². The topological polar surface area (TPSA) is 72.6 Å². The van der Waals surface area contributed by atoms with Crippen molar-refractivity contribution in [1.82, 2.24) is 4.31 Å². The first-order chi connectivity index (χ1) is 9.46. The summed E-state index contributed by atoms with van der Waals surface area (Å²) in [5.74, 6) is 2.11. The third-order valence-electron chi connectivity index (χ3n) is 3.08. The Morgan fingerprint density at radius 2 is 2.10 bits per heavy atom. The lowest BCUT2D eigenvalue weighted by Gasteiger charge is -2.21. The van der Waals surface area contributed by atoms with Gasteiger partial charge in [0.05, 0.1) is 7.11 Å². The van der Waals surface area contributed by atoms with Gasteiger partial charge in [0.1, 0.15) is 10.6 Å². The SMILES string of the molecule is COc1cc(Br)c(N)cc1S(=O)(=O)N1CCCSCC1. The maximum Gasteiger partial charge on any atom is 0.246 e. The number of halogens is 1. The Labute approximate surface area is 132 Å². The van der Waals surface area contributed by atoms with Crippen molar-refractivity contribution in [3.8, 4) is 5.75 Å². The molecule has 2 rings (SSSR count). The van der Waals surface area contributed by atoms with Crippen LogP contribution < -0.4 is 10.5 Å². The van der Waals surface area contributed by atoms with Crippen LogP contribution in [-0.2, 0) is 10.0 Å². The molecule has 0 bridgehead atoms. The number of rotatable bonds is 3. The van der Waals surface area contributed by atoms with Crippen LogP contribution >= 0.6 is 27.7 Å². The number of nitrogen functional groups attached to an aromatic ring is 1. The molecule has 0 unspecified atom stereocenters. The fourth-order valence-corrected chi connectivity index (χ4v) is 4.99. The number of nitrogens with zero attached hydrogens (tertiary/aromatic N) is 1. The highest BCUT2D eigenvalue weighted by atomic mass is 79.9. The molecule has 0 atom stereocenters. The van der Waals surface area contributed by atoms with Crippen molar-refractivity contribution in [3.63, 3.8) is 0 Å². The van der Waals surface area contributed by atoms with Crippen molar-refractivity contribution in [3.05, 3.63) is 16.6 Å². The highest BCUT2D eigenvalue weighted by molar-refractivity contribution is 9.10. The number of anilines is 1. The standard InChI is InChI=1S/C12H17BrN2O3S2/c1-18-11-7-9(13)10(14)8-12(11)20(16,17)15-3-2-5-19-6-4-15/h7-8H,2-6,14H2,1H3. The Morgan fingerprint density at radius 3 is 2.80 bits per heavy atom. The van der Waals surface area contributed by atoms with Gasteiger partial charge in [0.25, 0.3) is 0 Å². The van der Waals surface area contributed by atoms with Gasteiger partial charge >= 0.3 is 0 Å². The zero-order valence-corrected chi connectivity index (χ0v) is 14.4. The average Bonchev–Trinajstić information content (AvgIpc) is 2.70. The lowest BCUT2D eigenvalue weighted by atomic mass is 10.3. The second-order valence-electron chi connectivity index (χ2n) is 4.39. The first kappa shape index (κ1) is 15.9. The highest BCUT2D eigenvalue weighted by Crippen LogP contribution is 2.34. The Morgan fingerprint density at radius 1 is 1.35 bits per heavy atom. The van der Waals surface area contributed by atoms with Crippen LogP contribution in [0.25, 0.3) is 0 Å². The number of hydrogen-bond acceptors (Lipinski definition) is 5. The van der Waals surface area contributed by atoms with E-state index in [1.54, 1.807) is 17.8 Å². The van der Waals surface area contributed by atoms with E-state index in [-0.39, 0.29) is 4.90 Å². The monoisotopic (exact) mass is 380 g/mol. The molecular formula is C12H17BrN2O3S2. The quantitative estimate of drug-likeness (QED) is 0.813. The maximum absolute atomic E-state index is 12.7. The summed E-state index contributed by atoms with van der Waals surface area (Å²) in [7, 11) is -2.12. The minimum atomic E-state index is -3.57. The van der Waals surface area contributed by atoms with E-state index in [4.69, 9.17) is 10.5 Å². The van der Waals surface area contributed by atoms with Gasteiger partial charge in [-0.1, -0.05) is 0 Å². The molecule has 0 amide bonds. The summed E-state index contributed by atoms with van der Waals surface area (Å²) in [4.78, 5) is 0.132. The van der Waals surface area contributed by atoms with Crippen LogP contribution in [0.3, 0.4) is 0 Å². The van der Waals surface area contributed by atoms with Gasteiger partial charge in [-0.25, -0.2) is 8.42 Å². The first-order valence-electron chi connectivity index (χ1n) is 6.17. The molecule has 0 aliphatic carbocycles. The maximum atomic E-state index is 12.7. The molecule has 1 fully saturated rings. The van der Waals surface area contributed by atoms with Gasteiger partial charge in [-0.15, -0.1) is 0 Å². The average molecular weight is 381 g/mol. The number of methoxy groups -OCH3 is 1. The molecule has 1 aliphatic heterocycles. The molecule has 2 N–H and O–H groups in total. The van der Waals surface area contributed by atoms with Gasteiger partial charge in [0.2, 0.25) is 10.0 Å². The molecule has 0 radical (unpaired) electrons. The number of sulfonamides is 1. The zero-order chi connectivity index (χ0) is 14.8. The minimum Gasteiger partial charge on any atom is -0.495 e. The molecular weight excluding hydrogens is 364 g/mol. The molecule has 1 saturated heterocycles. The molecule has 20 heavy (non-hydrogen) atoms. The molecule has 0 aromatic heterocycles. The number of nitrogens with two attached hydrogens (primary N) is 1. The van der Waals surface area contributed by atoms with Crippen LogP contribution in [0.1, 0.15) is 6.42 Å². The van der Waals surface area contributed by atoms with E-state index in [0.29, 0.717) is 29.0 Å². The number of benzene rings is 1. The van der Waals surface area contributed by atoms with E-state index in [0.717, 1.165) is 17.9 Å². The molecule has 1 heterocycles. The molecule has 1 aromatic carbocycles. The molecule has 8 heteroatoms. The fraction of sp³-hybridized carbons (Fsp3) is 0.500. The Hall–Kier alpha value is -0.440. The molecule has 1 aromatic rings. The van der Waals surface area contributed by atoms with Gasteiger partial charge in [-0.3, -0.25) is 0 Å². The summed E-state index contributed by atoms with van der Waals surface area (Å²) >= 11 is 5.06. The van der Waals surface area contributed by atoms with Crippen LogP contribution in [-0.4, -0.2) is 44.4 Å². The second-order valence-corrected chi connectivity index (χ2v) is 8.38. The van der Waals surface area contributed by atoms with Gasteiger partial charge in [-0.05, 0) is 40.2 Å². The van der Waals surface area contributed by atoms with Crippen LogP contribution in [0, 0.1) is 0 Å². The minimum absolute atomic E-state index is 0.132. The lowest BCUT2D eigenvalue weighted by molar-refractivity contribution is 0.394. The van der Waals surface area contributed by atoms with Gasteiger partial charge in [-0.2, -0.15) is 16.1 Å². The van der Waals surface area contributed by atoms with Crippen molar-refractivity contribution in [1.29, 1.82) is 0 Å². The largest absolute Gasteiger partial charge is 0.495 e. The zero-order valence-electron chi connectivity index (χ0n) is 11.1. The summed E-state index contributed by atoms with van der Waals surface area (Å²) < 4.78 is 32.8. The van der Waals surface area contributed by atoms with E-state index >= 15 is 0 Å². The van der Waals surface area contributed by atoms with Crippen molar-refractivity contribution >= 4 is 43.4 Å². The normalized spacial score (nSPS) is 17.7. The highest BCUT2D eigenvalue weighted by Gasteiger charge is 2.29. The van der Waals surface area contributed by atoms with Crippen molar-refractivity contribution in [2.75, 3.05) is 37.4 Å². The van der Waals surface area contributed by atoms with Crippen LogP contribution in [0.5, 0.6) is 5.75 Å². The molecule has 112 valence electrons. The van der Waals surface area contributed by atoms with Crippen LogP contribution in [0.4, 0.5) is 5.69 Å². The van der Waals surface area contributed by atoms with E-state index in [9.17, 15) is 8.42 Å². The molecule has 1 aliphatic rings. The lowest BCUT2D eigenvalue weighted by Crippen LogP contribution is -2.33. The fourth-order valence-electron chi connectivity index (χ4n) is 2.01. The summed E-state index contributed by atoms with van der Waals surface area (Å²) in [5.41, 5.74) is 6.19. The third-order valence-corrected chi connectivity index (χ3v) is 6.74. The smallest absolute Gasteiger partial charge is 0.246 e. The van der Waals surface area contributed by atoms with E-state index in [1.807, 2.05) is 0 Å². The summed E-state index contributed by atoms with van der Waals surface area (Å²) in [6, 6.07) is 3.05. The number of ether oxygens (including phenoxy) is 1. The predicted octanol–water partition coefficient (Wildman–Crippen LogP) is 2.17. The summed E-state index contributed by atoms with van der Waals surface area (Å²) in [6.45, 7) is 1.06. The molecule has 0 saturated carbocycles. The van der Waals surface area contributed by atoms with Gasteiger partial charge in [0, 0.05) is 29.0 Å². The third kappa shape index (κ3) is 3.24. The summed E-state index contributed by atoms with van der Waals surface area (Å²) in [6.07, 6.45) is 0.859. The number of hydrogen-bond donors (Lipinski definition) is 1. The summed E-state index contributed by atoms with van der Waals surface area (Å²) in [5, 5.41) is 0. The van der Waals surface area contributed by atoms with Gasteiger partial charge in [0.15, 0.2) is 0 Å². The Bertz CT molecular complexity index is 585. The van der Waals surface area contributed by atoms with E-state index in [1.165, 1.54) is 17.5 Å². The van der Waals surface area contributed by atoms with Crippen molar-refractivity contribution < 1.29 is 13.2 Å². The Balaban J connectivity index is 2.45. The Kier molecular flexibility index (Phi) is 5.22. The molecule has 0 spiro atoms. The first-order valence-corrected chi connectivity index (χ1v) is 9.56.